The molecule has 29 heavy (non-hydrogen) atoms. The van der Waals surface area contributed by atoms with Crippen LogP contribution in [0.15, 0.2) is 35.5 Å². The number of aliphatic imine (C=N–C) groups is 1. The Morgan fingerprint density at radius 2 is 1.97 bits per heavy atom. The first kappa shape index (κ1) is 21.2. The number of ether oxygens (including phenoxy) is 2. The topological polar surface area (TPSA) is 72.7 Å². The largest absolute Gasteiger partial charge is 0.491 e. The van der Waals surface area contributed by atoms with E-state index < -0.39 is 0 Å². The van der Waals surface area contributed by atoms with Gasteiger partial charge < -0.3 is 20.1 Å². The monoisotopic (exact) mass is 399 g/mol. The predicted octanol–water partition coefficient (Wildman–Crippen LogP) is 3.20. The quantitative estimate of drug-likeness (QED) is 0.385. The van der Waals surface area contributed by atoms with Crippen molar-refractivity contribution in [3.05, 3.63) is 47.3 Å². The van der Waals surface area contributed by atoms with Crippen LogP contribution in [0, 0.1) is 6.92 Å². The third-order valence-electron chi connectivity index (χ3n) is 5.24. The number of nitrogens with zero attached hydrogens (tertiary/aromatic N) is 3. The minimum Gasteiger partial charge on any atom is -0.491 e. The molecule has 0 spiro atoms. The Kier molecular flexibility index (Phi) is 7.93. The molecule has 1 aromatic carbocycles. The number of aryl methyl sites for hydroxylation is 1. The van der Waals surface area contributed by atoms with Crippen molar-refractivity contribution in [1.29, 1.82) is 0 Å². The molecule has 7 nitrogen and oxygen atoms in total. The number of guanidine groups is 1. The van der Waals surface area contributed by atoms with Crippen LogP contribution < -0.4 is 15.4 Å². The highest BCUT2D eigenvalue weighted by molar-refractivity contribution is 5.79. The summed E-state index contributed by atoms with van der Waals surface area (Å²) in [6, 6.07) is 8.88. The zero-order valence-electron chi connectivity index (χ0n) is 17.8. The van der Waals surface area contributed by atoms with E-state index in [2.05, 4.69) is 57.7 Å². The van der Waals surface area contributed by atoms with E-state index >= 15 is 0 Å². The van der Waals surface area contributed by atoms with Crippen molar-refractivity contribution in [2.45, 2.75) is 51.7 Å². The van der Waals surface area contributed by atoms with E-state index in [-0.39, 0.29) is 0 Å². The van der Waals surface area contributed by atoms with E-state index in [4.69, 9.17) is 14.6 Å². The van der Waals surface area contributed by atoms with Crippen LogP contribution in [0.25, 0.3) is 0 Å². The highest BCUT2D eigenvalue weighted by atomic mass is 16.5. The first-order valence-corrected chi connectivity index (χ1v) is 10.4. The predicted molar refractivity (Wildman–Crippen MR) is 115 cm³/mol. The molecular weight excluding hydrogens is 366 g/mol. The molecule has 0 bridgehead atoms. The van der Waals surface area contributed by atoms with Crippen molar-refractivity contribution in [3.8, 4) is 5.75 Å². The normalized spacial score (nSPS) is 14.9. The lowest BCUT2D eigenvalue weighted by Crippen LogP contribution is -2.36. The number of methoxy groups -OCH3 is 1. The van der Waals surface area contributed by atoms with Crippen molar-refractivity contribution < 1.29 is 9.47 Å². The van der Waals surface area contributed by atoms with Crippen molar-refractivity contribution in [2.24, 2.45) is 4.99 Å². The molecule has 0 unspecified atom stereocenters. The molecule has 1 heterocycles. The maximum absolute atomic E-state index is 5.87. The van der Waals surface area contributed by atoms with Crippen LogP contribution in [0.1, 0.15) is 48.5 Å². The number of aromatic nitrogens is 2. The molecule has 3 rings (SSSR count). The summed E-state index contributed by atoms with van der Waals surface area (Å²) in [6.45, 7) is 4.43. The van der Waals surface area contributed by atoms with Gasteiger partial charge >= 0.3 is 0 Å². The lowest BCUT2D eigenvalue weighted by molar-refractivity contribution is 0.145. The summed E-state index contributed by atoms with van der Waals surface area (Å²) in [4.78, 5) is 4.32. The number of rotatable bonds is 9. The molecule has 7 heteroatoms. The minimum absolute atomic E-state index is 0.531. The molecule has 1 saturated carbocycles. The van der Waals surface area contributed by atoms with Gasteiger partial charge in [0.2, 0.25) is 0 Å². The van der Waals surface area contributed by atoms with Crippen molar-refractivity contribution in [1.82, 2.24) is 20.4 Å². The Hall–Kier alpha value is -2.54. The van der Waals surface area contributed by atoms with Gasteiger partial charge in [-0.2, -0.15) is 5.10 Å². The number of hydrogen-bond donors (Lipinski definition) is 2. The van der Waals surface area contributed by atoms with Crippen molar-refractivity contribution >= 4 is 5.96 Å². The van der Waals surface area contributed by atoms with Crippen molar-refractivity contribution in [2.75, 3.05) is 27.4 Å². The average Bonchev–Trinajstić information content (AvgIpc) is 3.41. The number of hydrogen-bond acceptors (Lipinski definition) is 4. The summed E-state index contributed by atoms with van der Waals surface area (Å²) < 4.78 is 13.1. The minimum atomic E-state index is 0.531. The first-order chi connectivity index (χ1) is 14.2. The maximum atomic E-state index is 5.87. The molecule has 2 N–H and O–H groups in total. The van der Waals surface area contributed by atoms with E-state index in [1.807, 2.05) is 0 Å². The van der Waals surface area contributed by atoms with E-state index in [1.54, 1.807) is 14.2 Å². The van der Waals surface area contributed by atoms with Crippen LogP contribution in [0.2, 0.25) is 0 Å². The van der Waals surface area contributed by atoms with Gasteiger partial charge in [-0.25, -0.2) is 0 Å². The molecule has 158 valence electrons. The fraction of sp³-hybridized carbons (Fsp3) is 0.545. The second kappa shape index (κ2) is 10.9. The third kappa shape index (κ3) is 6.22. The summed E-state index contributed by atoms with van der Waals surface area (Å²) >= 11 is 0. The lowest BCUT2D eigenvalue weighted by atomic mass is 10.1. The second-order valence-electron chi connectivity index (χ2n) is 7.46. The fourth-order valence-corrected chi connectivity index (χ4v) is 3.59. The third-order valence-corrected chi connectivity index (χ3v) is 5.24. The Bertz CT molecular complexity index is 796. The lowest BCUT2D eigenvalue weighted by Gasteiger charge is -2.15. The summed E-state index contributed by atoms with van der Waals surface area (Å²) in [5.41, 5.74) is 3.28. The van der Waals surface area contributed by atoms with E-state index in [9.17, 15) is 0 Å². The zero-order valence-corrected chi connectivity index (χ0v) is 17.8. The fourth-order valence-electron chi connectivity index (χ4n) is 3.59. The van der Waals surface area contributed by atoms with E-state index in [0.717, 1.165) is 23.0 Å². The van der Waals surface area contributed by atoms with Gasteiger partial charge in [-0.15, -0.1) is 0 Å². The first-order valence-electron chi connectivity index (χ1n) is 10.4. The van der Waals surface area contributed by atoms with Gasteiger partial charge in [-0.1, -0.05) is 25.0 Å². The Morgan fingerprint density at radius 1 is 1.17 bits per heavy atom. The molecule has 2 aromatic rings. The van der Waals surface area contributed by atoms with Gasteiger partial charge in [-0.05, 0) is 37.5 Å². The van der Waals surface area contributed by atoms with Crippen LogP contribution in [-0.4, -0.2) is 43.1 Å². The summed E-state index contributed by atoms with van der Waals surface area (Å²) in [5, 5.41) is 11.4. The molecule has 0 aliphatic heterocycles. The van der Waals surface area contributed by atoms with Crippen LogP contribution in [0.4, 0.5) is 0 Å². The Balaban J connectivity index is 1.51. The Morgan fingerprint density at radius 3 is 2.72 bits per heavy atom. The van der Waals surface area contributed by atoms with Gasteiger partial charge in [0.05, 0.1) is 24.9 Å². The molecule has 1 aromatic heterocycles. The molecular formula is C22H33N5O2. The highest BCUT2D eigenvalue weighted by Gasteiger charge is 2.17. The van der Waals surface area contributed by atoms with E-state index in [0.29, 0.717) is 32.3 Å². The number of nitrogens with one attached hydrogen (secondary N) is 2. The molecule has 1 fully saturated rings. The smallest absolute Gasteiger partial charge is 0.191 e. The Labute approximate surface area is 173 Å². The maximum Gasteiger partial charge on any atom is 0.191 e. The molecule has 0 amide bonds. The number of benzene rings is 1. The van der Waals surface area contributed by atoms with Gasteiger partial charge in [0.25, 0.3) is 0 Å². The van der Waals surface area contributed by atoms with Crippen molar-refractivity contribution in [3.63, 3.8) is 0 Å². The van der Waals surface area contributed by atoms with Gasteiger partial charge in [-0.3, -0.25) is 9.67 Å². The van der Waals surface area contributed by atoms with Gasteiger partial charge in [0, 0.05) is 32.5 Å². The molecule has 0 saturated heterocycles. The molecule has 0 atom stereocenters. The van der Waals surface area contributed by atoms with Crippen LogP contribution in [-0.2, 0) is 17.8 Å². The second-order valence-corrected chi connectivity index (χ2v) is 7.46. The zero-order chi connectivity index (χ0) is 20.5. The van der Waals surface area contributed by atoms with Gasteiger partial charge in [0.1, 0.15) is 12.4 Å². The van der Waals surface area contributed by atoms with Gasteiger partial charge in [0.15, 0.2) is 5.96 Å². The van der Waals surface area contributed by atoms with Crippen LogP contribution in [0.5, 0.6) is 5.75 Å². The highest BCUT2D eigenvalue weighted by Crippen LogP contribution is 2.28. The summed E-state index contributed by atoms with van der Waals surface area (Å²) in [6.07, 6.45) is 7.20. The summed E-state index contributed by atoms with van der Waals surface area (Å²) in [5.74, 6) is 1.61. The van der Waals surface area contributed by atoms with E-state index in [1.165, 1.54) is 31.2 Å². The molecule has 0 radical (unpaired) electrons. The standard InChI is InChI=1S/C22H33N5O2/c1-17-8-9-18(21(14-17)29-13-12-28-3)15-24-22(23-2)25-16-19-10-11-27(26-19)20-6-4-5-7-20/h8-11,14,20H,4-7,12-13,15-16H2,1-3H3,(H2,23,24,25). The van der Waals surface area contributed by atoms with Crippen LogP contribution >= 0.6 is 0 Å². The SMILES string of the molecule is CN=C(NCc1ccn(C2CCCC2)n1)NCc1ccc(C)cc1OCCOC. The summed E-state index contributed by atoms with van der Waals surface area (Å²) in [7, 11) is 3.45. The average molecular weight is 400 g/mol. The van der Waals surface area contributed by atoms with Crippen LogP contribution in [0.3, 0.4) is 0 Å². The molecule has 1 aliphatic carbocycles. The molecule has 1 aliphatic rings.